The van der Waals surface area contributed by atoms with Crippen molar-refractivity contribution in [2.75, 3.05) is 0 Å². The summed E-state index contributed by atoms with van der Waals surface area (Å²) < 4.78 is 55.5. The molecule has 9 nitrogen and oxygen atoms in total. The highest BCUT2D eigenvalue weighted by Crippen LogP contribution is 2.42. The molecule has 0 fully saturated rings. The van der Waals surface area contributed by atoms with Crippen LogP contribution in [0, 0.1) is 11.6 Å². The Morgan fingerprint density at radius 3 is 2.16 bits per heavy atom. The zero-order valence-corrected chi connectivity index (χ0v) is 17.6. The highest BCUT2D eigenvalue weighted by Gasteiger charge is 2.47. The Hall–Kier alpha value is -3.40. The largest absolute Gasteiger partial charge is 0.698 e. The SMILES string of the molecule is O=[P+](OCc1ccccc1)OC(Cn1cncn1)(Cn1cncn1)c1ccc(F)cc1F. The lowest BCUT2D eigenvalue weighted by molar-refractivity contribution is 0.00891. The van der Waals surface area contributed by atoms with Gasteiger partial charge >= 0.3 is 8.25 Å². The molecule has 0 aliphatic carbocycles. The first-order valence-electron chi connectivity index (χ1n) is 9.48. The molecule has 0 amide bonds. The lowest BCUT2D eigenvalue weighted by atomic mass is 9.93. The molecular formula is C20H18F2N6O3P+. The average molecular weight is 459 g/mol. The second-order valence-corrected chi connectivity index (χ2v) is 7.77. The van der Waals surface area contributed by atoms with Gasteiger partial charge in [0.05, 0.1) is 13.1 Å². The van der Waals surface area contributed by atoms with Crippen LogP contribution in [-0.2, 0) is 38.9 Å². The molecule has 164 valence electrons. The monoisotopic (exact) mass is 459 g/mol. The molecule has 2 heterocycles. The van der Waals surface area contributed by atoms with Crippen LogP contribution in [0.15, 0.2) is 73.8 Å². The quantitative estimate of drug-likeness (QED) is 0.334. The summed E-state index contributed by atoms with van der Waals surface area (Å²) in [7, 11) is -2.73. The Bertz CT molecular complexity index is 1120. The predicted molar refractivity (Wildman–Crippen MR) is 108 cm³/mol. The molecule has 1 atom stereocenters. The van der Waals surface area contributed by atoms with Crippen LogP contribution in [0.25, 0.3) is 0 Å². The summed E-state index contributed by atoms with van der Waals surface area (Å²) in [6.07, 6.45) is 5.40. The molecule has 0 saturated carbocycles. The average Bonchev–Trinajstić information content (AvgIpc) is 3.47. The molecule has 4 rings (SSSR count). The van der Waals surface area contributed by atoms with Crippen molar-refractivity contribution < 1.29 is 22.4 Å². The number of aromatic nitrogens is 6. The van der Waals surface area contributed by atoms with E-state index in [1.54, 1.807) is 12.1 Å². The van der Waals surface area contributed by atoms with Crippen LogP contribution in [-0.4, -0.2) is 29.5 Å². The van der Waals surface area contributed by atoms with Crippen LogP contribution in [0.4, 0.5) is 8.78 Å². The van der Waals surface area contributed by atoms with Crippen molar-refractivity contribution in [2.45, 2.75) is 25.3 Å². The minimum atomic E-state index is -2.73. The molecule has 4 aromatic rings. The standard InChI is InChI=1S/C20H18F2N6O3P/c21-17-6-7-18(19(22)8-17)20(10-27-14-23-12-25-27,11-28-15-24-13-26-28)31-32(29)30-9-16-4-2-1-3-5-16/h1-8,12-15H,9-11H2/q+1. The number of benzene rings is 2. The summed E-state index contributed by atoms with van der Waals surface area (Å²) in [6, 6.07) is 12.2. The van der Waals surface area contributed by atoms with Gasteiger partial charge in [-0.15, -0.1) is 9.05 Å². The fourth-order valence-corrected chi connectivity index (χ4v) is 4.02. The molecule has 0 saturated heterocycles. The molecule has 12 heteroatoms. The van der Waals surface area contributed by atoms with Crippen molar-refractivity contribution in [3.63, 3.8) is 0 Å². The molecule has 0 spiro atoms. The Morgan fingerprint density at radius 2 is 1.59 bits per heavy atom. The summed E-state index contributed by atoms with van der Waals surface area (Å²) >= 11 is 0. The van der Waals surface area contributed by atoms with Crippen molar-refractivity contribution in [2.24, 2.45) is 0 Å². The summed E-state index contributed by atoms with van der Waals surface area (Å²) in [6.45, 7) is -0.193. The zero-order chi connectivity index (χ0) is 22.4. The van der Waals surface area contributed by atoms with Crippen molar-refractivity contribution in [1.29, 1.82) is 0 Å². The van der Waals surface area contributed by atoms with E-state index in [2.05, 4.69) is 20.2 Å². The molecule has 2 aromatic heterocycles. The van der Waals surface area contributed by atoms with Crippen LogP contribution in [0.3, 0.4) is 0 Å². The molecule has 0 N–H and O–H groups in total. The summed E-state index contributed by atoms with van der Waals surface area (Å²) in [5.74, 6) is -1.64. The van der Waals surface area contributed by atoms with Crippen LogP contribution in [0.2, 0.25) is 0 Å². The number of rotatable bonds is 10. The second kappa shape index (κ2) is 9.82. The van der Waals surface area contributed by atoms with Gasteiger partial charge in [-0.2, -0.15) is 10.2 Å². The van der Waals surface area contributed by atoms with Gasteiger partial charge in [0.2, 0.25) is 0 Å². The lowest BCUT2D eigenvalue weighted by Crippen LogP contribution is -2.39. The number of halogens is 2. The summed E-state index contributed by atoms with van der Waals surface area (Å²) in [4.78, 5) is 7.78. The minimum absolute atomic E-state index is 0.0185. The lowest BCUT2D eigenvalue weighted by Gasteiger charge is -2.28. The van der Waals surface area contributed by atoms with Gasteiger partial charge in [0.15, 0.2) is 5.60 Å². The third kappa shape index (κ3) is 5.25. The van der Waals surface area contributed by atoms with E-state index in [4.69, 9.17) is 9.05 Å². The van der Waals surface area contributed by atoms with E-state index in [-0.39, 0.29) is 25.3 Å². The number of hydrogen-bond donors (Lipinski definition) is 0. The Balaban J connectivity index is 1.69. The van der Waals surface area contributed by atoms with E-state index >= 15 is 0 Å². The Kier molecular flexibility index (Phi) is 6.69. The van der Waals surface area contributed by atoms with Gasteiger partial charge in [-0.05, 0) is 17.7 Å². The van der Waals surface area contributed by atoms with Crippen LogP contribution in [0.1, 0.15) is 11.1 Å². The fraction of sp³-hybridized carbons (Fsp3) is 0.200. The van der Waals surface area contributed by atoms with Crippen molar-refractivity contribution in [1.82, 2.24) is 29.5 Å². The smallest absolute Gasteiger partial charge is 0.249 e. The third-order valence-corrected chi connectivity index (χ3v) is 5.46. The fourth-order valence-electron chi connectivity index (χ4n) is 3.21. The molecular weight excluding hydrogens is 441 g/mol. The normalized spacial score (nSPS) is 12.1. The van der Waals surface area contributed by atoms with Gasteiger partial charge in [-0.25, -0.2) is 28.1 Å². The maximum absolute atomic E-state index is 15.0. The molecule has 32 heavy (non-hydrogen) atoms. The van der Waals surface area contributed by atoms with Crippen molar-refractivity contribution in [3.8, 4) is 0 Å². The van der Waals surface area contributed by atoms with Gasteiger partial charge in [0, 0.05) is 16.2 Å². The third-order valence-electron chi connectivity index (χ3n) is 4.62. The van der Waals surface area contributed by atoms with Gasteiger partial charge in [-0.1, -0.05) is 30.3 Å². The van der Waals surface area contributed by atoms with E-state index < -0.39 is 25.5 Å². The first-order valence-corrected chi connectivity index (χ1v) is 10.6. The summed E-state index contributed by atoms with van der Waals surface area (Å²) in [5, 5.41) is 8.10. The van der Waals surface area contributed by atoms with Crippen LogP contribution >= 0.6 is 8.25 Å². The van der Waals surface area contributed by atoms with Gasteiger partial charge in [0.25, 0.3) is 0 Å². The molecule has 2 aromatic carbocycles. The summed E-state index contributed by atoms with van der Waals surface area (Å²) in [5.41, 5.74) is -0.898. The second-order valence-electron chi connectivity index (χ2n) is 6.88. The van der Waals surface area contributed by atoms with E-state index in [0.29, 0.717) is 0 Å². The minimum Gasteiger partial charge on any atom is -0.249 e. The first-order chi connectivity index (χ1) is 15.5. The first kappa shape index (κ1) is 21.8. The van der Waals surface area contributed by atoms with Gasteiger partial charge in [-0.3, -0.25) is 0 Å². The number of nitrogens with zero attached hydrogens (tertiary/aromatic N) is 6. The maximum atomic E-state index is 15.0. The van der Waals surface area contributed by atoms with Crippen LogP contribution < -0.4 is 0 Å². The zero-order valence-electron chi connectivity index (χ0n) is 16.7. The van der Waals surface area contributed by atoms with E-state index in [1.807, 2.05) is 18.2 Å². The highest BCUT2D eigenvalue weighted by atomic mass is 31.1. The van der Waals surface area contributed by atoms with Crippen LogP contribution in [0.5, 0.6) is 0 Å². The van der Waals surface area contributed by atoms with Crippen molar-refractivity contribution >= 4 is 8.25 Å². The Morgan fingerprint density at radius 1 is 0.938 bits per heavy atom. The molecule has 0 aliphatic heterocycles. The Labute approximate surface area is 182 Å². The molecule has 0 radical (unpaired) electrons. The van der Waals surface area contributed by atoms with Crippen molar-refractivity contribution in [3.05, 3.63) is 96.6 Å². The predicted octanol–water partition coefficient (Wildman–Crippen LogP) is 3.63. The van der Waals surface area contributed by atoms with E-state index in [1.165, 1.54) is 40.7 Å². The number of hydrogen-bond acceptors (Lipinski definition) is 7. The van der Waals surface area contributed by atoms with E-state index in [9.17, 15) is 13.3 Å². The molecule has 1 unspecified atom stereocenters. The van der Waals surface area contributed by atoms with Gasteiger partial charge < -0.3 is 0 Å². The molecule has 0 aliphatic rings. The molecule has 0 bridgehead atoms. The maximum Gasteiger partial charge on any atom is 0.698 e. The van der Waals surface area contributed by atoms with E-state index in [0.717, 1.165) is 17.7 Å². The van der Waals surface area contributed by atoms with Gasteiger partial charge in [0.1, 0.15) is 43.6 Å². The highest BCUT2D eigenvalue weighted by molar-refractivity contribution is 7.33. The topological polar surface area (TPSA) is 97.0 Å².